The summed E-state index contributed by atoms with van der Waals surface area (Å²) in [5, 5.41) is 0. The Hall–Kier alpha value is 11.2. The minimum atomic E-state index is 0. The van der Waals surface area contributed by atoms with E-state index in [4.69, 9.17) is 0 Å². The van der Waals surface area contributed by atoms with Crippen molar-refractivity contribution in [2.24, 2.45) is 0 Å². The minimum absolute atomic E-state index is 0. The summed E-state index contributed by atoms with van der Waals surface area (Å²) >= 11 is 0. The first-order valence-corrected chi connectivity index (χ1v) is 0. The molecule has 0 N–H and O–H groups in total. The van der Waals surface area contributed by atoms with Gasteiger partial charge in [-0.15, -0.1) is 0 Å². The van der Waals surface area contributed by atoms with Crippen LogP contribution >= 0.6 is 0 Å². The van der Waals surface area contributed by atoms with E-state index in [1.165, 1.54) is 0 Å². The summed E-state index contributed by atoms with van der Waals surface area (Å²) in [6.45, 7) is 0. The molecular formula is H20B3Na11. The van der Waals surface area contributed by atoms with Crippen LogP contribution in [0.1, 0.15) is 0 Å². The van der Waals surface area contributed by atoms with Crippen LogP contribution in [0.3, 0.4) is 0 Å². The van der Waals surface area contributed by atoms with E-state index in [-0.39, 0.29) is 350 Å². The molecule has 0 aromatic rings. The third kappa shape index (κ3) is 91.2. The molecule has 0 atom stereocenters. The molecule has 0 bridgehead atoms. The monoisotopic (exact) mass is 306 g/mol. The van der Waals surface area contributed by atoms with Crippen molar-refractivity contribution in [3.8, 4) is 0 Å². The van der Waals surface area contributed by atoms with E-state index in [1.807, 2.05) is 0 Å². The van der Waals surface area contributed by atoms with E-state index >= 15 is 0 Å². The molecular weight excluding hydrogens is 285 g/mol. The number of rotatable bonds is 0. The van der Waals surface area contributed by atoms with Crippen LogP contribution in [0.2, 0.25) is 0 Å². The van der Waals surface area contributed by atoms with Crippen LogP contribution in [0.5, 0.6) is 0 Å². The van der Waals surface area contributed by atoms with Crippen molar-refractivity contribution >= 4 is 350 Å². The first-order valence-electron chi connectivity index (χ1n) is 0. The van der Waals surface area contributed by atoms with Crippen molar-refractivity contribution < 1.29 is 0 Å². The second-order valence-electron chi connectivity index (χ2n) is 0. The standard InChI is InChI=1S/3BH3.11Na.11H/h3*1H3;;;;;;;;;;;;;;;;;;;;;;. The predicted octanol–water partition coefficient (Wildman–Crippen LogP) is -10.7. The first kappa shape index (κ1) is 118. The fourth-order valence-corrected chi connectivity index (χ4v) is 0. The van der Waals surface area contributed by atoms with E-state index in [9.17, 15) is 0 Å². The number of hydrogen-bond donors (Lipinski definition) is 0. The Morgan fingerprint density at radius 2 is 0.143 bits per heavy atom. The maximum absolute atomic E-state index is 0. The molecule has 40 valence electrons. The summed E-state index contributed by atoms with van der Waals surface area (Å²) in [4.78, 5) is 0. The van der Waals surface area contributed by atoms with Crippen molar-refractivity contribution in [3.05, 3.63) is 0 Å². The van der Waals surface area contributed by atoms with Gasteiger partial charge in [-0.25, -0.2) is 0 Å². The molecule has 14 heavy (non-hydrogen) atoms. The zero-order valence-corrected chi connectivity index (χ0v) is 0. The SMILES string of the molecule is B.B.B.[NaH].[NaH].[NaH].[NaH].[NaH].[NaH].[NaH].[NaH].[NaH].[NaH].[NaH]. The van der Waals surface area contributed by atoms with Gasteiger partial charge in [0.15, 0.2) is 0 Å². The van der Waals surface area contributed by atoms with Gasteiger partial charge in [-0.1, -0.05) is 0 Å². The summed E-state index contributed by atoms with van der Waals surface area (Å²) in [6, 6.07) is 0. The molecule has 14 heteroatoms. The molecule has 0 saturated heterocycles. The van der Waals surface area contributed by atoms with E-state index in [1.54, 1.807) is 0 Å². The summed E-state index contributed by atoms with van der Waals surface area (Å²) in [5.41, 5.74) is 0. The second-order valence-corrected chi connectivity index (χ2v) is 0. The molecule has 0 spiro atoms. The molecule has 0 aliphatic heterocycles. The Morgan fingerprint density at radius 1 is 0.143 bits per heavy atom. The predicted molar refractivity (Wildman–Crippen MR) is 108 cm³/mol. The van der Waals surface area contributed by atoms with Gasteiger partial charge in [0, 0.05) is 0 Å². The summed E-state index contributed by atoms with van der Waals surface area (Å²) < 4.78 is 0. The van der Waals surface area contributed by atoms with Gasteiger partial charge in [0.2, 0.25) is 0 Å². The van der Waals surface area contributed by atoms with Crippen LogP contribution in [-0.4, -0.2) is 350 Å². The van der Waals surface area contributed by atoms with Crippen LogP contribution in [0.4, 0.5) is 0 Å². The van der Waals surface area contributed by atoms with Crippen LogP contribution in [-0.2, 0) is 0 Å². The van der Waals surface area contributed by atoms with E-state index in [0.29, 0.717) is 0 Å². The molecule has 0 radical (unpaired) electrons. The fraction of sp³-hybridized carbons (Fsp3) is 0. The normalized spacial score (nSPS) is 0. The third-order valence-corrected chi connectivity index (χ3v) is 0. The fourth-order valence-electron chi connectivity index (χ4n) is 0. The van der Waals surface area contributed by atoms with Crippen LogP contribution in [0.15, 0.2) is 0 Å². The van der Waals surface area contributed by atoms with Gasteiger partial charge in [0.1, 0.15) is 0 Å². The van der Waals surface area contributed by atoms with E-state index in [0.717, 1.165) is 0 Å². The van der Waals surface area contributed by atoms with Gasteiger partial charge in [-0.05, 0) is 0 Å². The Kier molecular flexibility index (Phi) is 873. The third-order valence-electron chi connectivity index (χ3n) is 0. The summed E-state index contributed by atoms with van der Waals surface area (Å²) in [5.74, 6) is 0. The Bertz CT molecular complexity index is 10.5. The van der Waals surface area contributed by atoms with E-state index < -0.39 is 0 Å². The maximum atomic E-state index is 0. The molecule has 0 unspecified atom stereocenters. The number of hydrogen-bond acceptors (Lipinski definition) is 0. The molecule has 0 rings (SSSR count). The average Bonchev–Trinajstić information content (AvgIpc) is 0. The molecule has 0 amide bonds. The molecule has 0 nitrogen and oxygen atoms in total. The quantitative estimate of drug-likeness (QED) is 0.390. The second kappa shape index (κ2) is 104. The van der Waals surface area contributed by atoms with Crippen LogP contribution in [0.25, 0.3) is 0 Å². The van der Waals surface area contributed by atoms with Gasteiger partial charge in [0.05, 0.1) is 25.2 Å². The molecule has 0 aromatic heterocycles. The van der Waals surface area contributed by atoms with Gasteiger partial charge in [-0.3, -0.25) is 0 Å². The van der Waals surface area contributed by atoms with Crippen molar-refractivity contribution in [3.63, 3.8) is 0 Å². The molecule has 0 heterocycles. The van der Waals surface area contributed by atoms with Crippen molar-refractivity contribution in [2.75, 3.05) is 0 Å². The Labute approximate surface area is 339 Å². The summed E-state index contributed by atoms with van der Waals surface area (Å²) in [7, 11) is 0. The first-order chi connectivity index (χ1) is 0. The zero-order chi connectivity index (χ0) is 0. The zero-order valence-electron chi connectivity index (χ0n) is 0. The molecule has 0 saturated carbocycles. The molecule has 0 aromatic carbocycles. The molecule has 0 aliphatic rings. The van der Waals surface area contributed by atoms with Gasteiger partial charge in [-0.2, -0.15) is 0 Å². The van der Waals surface area contributed by atoms with Crippen LogP contribution < -0.4 is 0 Å². The molecule has 0 fully saturated rings. The van der Waals surface area contributed by atoms with Gasteiger partial charge < -0.3 is 0 Å². The van der Waals surface area contributed by atoms with Gasteiger partial charge in [0.25, 0.3) is 0 Å². The van der Waals surface area contributed by atoms with Crippen molar-refractivity contribution in [2.45, 2.75) is 0 Å². The average molecular weight is 305 g/mol. The Morgan fingerprint density at radius 3 is 0.143 bits per heavy atom. The van der Waals surface area contributed by atoms with Crippen LogP contribution in [0, 0.1) is 0 Å². The van der Waals surface area contributed by atoms with Crippen molar-refractivity contribution in [1.82, 2.24) is 0 Å². The topological polar surface area (TPSA) is 0 Å². The van der Waals surface area contributed by atoms with E-state index in [2.05, 4.69) is 0 Å². The van der Waals surface area contributed by atoms with Gasteiger partial charge >= 0.3 is 325 Å². The summed E-state index contributed by atoms with van der Waals surface area (Å²) in [6.07, 6.45) is 0. The molecule has 0 aliphatic carbocycles. The Balaban J connectivity index is 0. The van der Waals surface area contributed by atoms with Crippen molar-refractivity contribution in [1.29, 1.82) is 0 Å².